The van der Waals surface area contributed by atoms with Crippen molar-refractivity contribution in [3.63, 3.8) is 0 Å². The molecule has 5 nitrogen and oxygen atoms in total. The molecule has 0 aliphatic heterocycles. The van der Waals surface area contributed by atoms with E-state index in [9.17, 15) is 14.0 Å². The molecule has 138 valence electrons. The third-order valence-electron chi connectivity index (χ3n) is 3.38. The number of methoxy groups -OCH3 is 1. The number of ether oxygens (including phenoxy) is 1. The molecule has 26 heavy (non-hydrogen) atoms. The maximum Gasteiger partial charge on any atom is 0.237 e. The highest BCUT2D eigenvalue weighted by atomic mass is 35.5. The highest BCUT2D eigenvalue weighted by Crippen LogP contribution is 2.27. The number of halogens is 2. The second kappa shape index (κ2) is 9.45. The van der Waals surface area contributed by atoms with Crippen molar-refractivity contribution >= 4 is 46.6 Å². The Bertz CT molecular complexity index is 787. The van der Waals surface area contributed by atoms with Crippen LogP contribution >= 0.6 is 23.4 Å². The first-order chi connectivity index (χ1) is 12.4. The Balaban J connectivity index is 1.82. The summed E-state index contributed by atoms with van der Waals surface area (Å²) >= 11 is 7.21. The number of anilines is 2. The van der Waals surface area contributed by atoms with Gasteiger partial charge in [-0.3, -0.25) is 9.59 Å². The minimum absolute atomic E-state index is 0.0926. The average Bonchev–Trinajstić information content (AvgIpc) is 2.61. The van der Waals surface area contributed by atoms with Crippen LogP contribution in [0.25, 0.3) is 0 Å². The van der Waals surface area contributed by atoms with Gasteiger partial charge in [-0.25, -0.2) is 4.39 Å². The number of hydrogen-bond acceptors (Lipinski definition) is 4. The second-order valence-corrected chi connectivity index (χ2v) is 7.08. The Morgan fingerprint density at radius 3 is 2.42 bits per heavy atom. The number of benzene rings is 2. The van der Waals surface area contributed by atoms with Crippen molar-refractivity contribution in [2.24, 2.45) is 0 Å². The van der Waals surface area contributed by atoms with E-state index >= 15 is 0 Å². The molecule has 0 spiro atoms. The Kier molecular flexibility index (Phi) is 7.29. The molecule has 8 heteroatoms. The highest BCUT2D eigenvalue weighted by Gasteiger charge is 2.16. The van der Waals surface area contributed by atoms with E-state index in [-0.39, 0.29) is 23.4 Å². The summed E-state index contributed by atoms with van der Waals surface area (Å²) in [4.78, 5) is 24.1. The van der Waals surface area contributed by atoms with Gasteiger partial charge in [0.25, 0.3) is 0 Å². The summed E-state index contributed by atoms with van der Waals surface area (Å²) in [7, 11) is 1.51. The summed E-state index contributed by atoms with van der Waals surface area (Å²) in [6, 6.07) is 10.4. The fourth-order valence-electron chi connectivity index (χ4n) is 1.99. The number of carbonyl (C=O) groups excluding carboxylic acids is 2. The summed E-state index contributed by atoms with van der Waals surface area (Å²) in [5.41, 5.74) is 1.05. The normalized spacial score (nSPS) is 11.5. The van der Waals surface area contributed by atoms with Crippen molar-refractivity contribution < 1.29 is 18.7 Å². The van der Waals surface area contributed by atoms with Gasteiger partial charge in [-0.1, -0.05) is 11.6 Å². The van der Waals surface area contributed by atoms with Crippen LogP contribution in [-0.4, -0.2) is 29.9 Å². The summed E-state index contributed by atoms with van der Waals surface area (Å²) in [5, 5.41) is 5.33. The van der Waals surface area contributed by atoms with Gasteiger partial charge in [0, 0.05) is 11.4 Å². The van der Waals surface area contributed by atoms with Crippen LogP contribution in [0.1, 0.15) is 6.92 Å². The molecule has 0 fully saturated rings. The Morgan fingerprint density at radius 1 is 1.15 bits per heavy atom. The van der Waals surface area contributed by atoms with Crippen LogP contribution in [0.2, 0.25) is 5.02 Å². The first-order valence-corrected chi connectivity index (χ1v) is 9.13. The lowest BCUT2D eigenvalue weighted by atomic mass is 10.3. The zero-order chi connectivity index (χ0) is 19.1. The molecule has 0 aliphatic carbocycles. The first-order valence-electron chi connectivity index (χ1n) is 7.70. The third kappa shape index (κ3) is 5.93. The molecule has 0 aromatic heterocycles. The fourth-order valence-corrected chi connectivity index (χ4v) is 2.94. The van der Waals surface area contributed by atoms with Gasteiger partial charge in [-0.15, -0.1) is 11.8 Å². The number of carbonyl (C=O) groups is 2. The molecule has 1 atom stereocenters. The first kappa shape index (κ1) is 20.1. The molecule has 0 heterocycles. The van der Waals surface area contributed by atoms with E-state index in [2.05, 4.69) is 10.6 Å². The maximum absolute atomic E-state index is 12.8. The number of rotatable bonds is 7. The van der Waals surface area contributed by atoms with E-state index in [4.69, 9.17) is 16.3 Å². The van der Waals surface area contributed by atoms with E-state index in [0.717, 1.165) is 0 Å². The lowest BCUT2D eigenvalue weighted by Gasteiger charge is -2.13. The molecule has 2 rings (SSSR count). The number of amides is 2. The molecule has 2 N–H and O–H groups in total. The summed E-state index contributed by atoms with van der Waals surface area (Å²) in [6.07, 6.45) is 0. The third-order valence-corrected chi connectivity index (χ3v) is 4.82. The van der Waals surface area contributed by atoms with Gasteiger partial charge >= 0.3 is 0 Å². The topological polar surface area (TPSA) is 67.4 Å². The molecule has 0 bridgehead atoms. The van der Waals surface area contributed by atoms with Gasteiger partial charge in [-0.2, -0.15) is 0 Å². The van der Waals surface area contributed by atoms with Crippen molar-refractivity contribution in [1.29, 1.82) is 0 Å². The van der Waals surface area contributed by atoms with Gasteiger partial charge in [-0.05, 0) is 49.4 Å². The Labute approximate surface area is 160 Å². The molecule has 0 unspecified atom stereocenters. The highest BCUT2D eigenvalue weighted by molar-refractivity contribution is 8.01. The van der Waals surface area contributed by atoms with Crippen molar-refractivity contribution in [1.82, 2.24) is 0 Å². The molecule has 2 aromatic rings. The molecule has 2 aromatic carbocycles. The molecular formula is C18H18ClFN2O3S. The summed E-state index contributed by atoms with van der Waals surface area (Å²) in [6.45, 7) is 1.70. The van der Waals surface area contributed by atoms with Crippen molar-refractivity contribution in [3.05, 3.63) is 53.3 Å². The van der Waals surface area contributed by atoms with Crippen LogP contribution in [0.3, 0.4) is 0 Å². The van der Waals surface area contributed by atoms with E-state index in [1.54, 1.807) is 25.1 Å². The van der Waals surface area contributed by atoms with Gasteiger partial charge in [0.2, 0.25) is 11.8 Å². The molecule has 0 saturated carbocycles. The van der Waals surface area contributed by atoms with E-state index in [0.29, 0.717) is 22.1 Å². The van der Waals surface area contributed by atoms with Gasteiger partial charge in [0.15, 0.2) is 0 Å². The maximum atomic E-state index is 12.8. The van der Waals surface area contributed by atoms with Crippen molar-refractivity contribution in [2.75, 3.05) is 23.5 Å². The minimum Gasteiger partial charge on any atom is -0.495 e. The zero-order valence-corrected chi connectivity index (χ0v) is 15.8. The van der Waals surface area contributed by atoms with Gasteiger partial charge < -0.3 is 15.4 Å². The lowest BCUT2D eigenvalue weighted by molar-refractivity contribution is -0.115. The molecule has 0 saturated heterocycles. The standard InChI is InChI=1S/C18H18ClFN2O3S/c1-11(18(24)22-14-7-8-16(25-2)15(19)9-14)26-10-17(23)21-13-5-3-12(20)4-6-13/h3-9,11H,10H2,1-2H3,(H,21,23)(H,22,24)/t11-/m1/s1. The Hall–Kier alpha value is -2.25. The Morgan fingerprint density at radius 2 is 1.81 bits per heavy atom. The van der Waals surface area contributed by atoms with Crippen LogP contribution in [-0.2, 0) is 9.59 Å². The predicted octanol–water partition coefficient (Wildman–Crippen LogP) is 4.19. The lowest BCUT2D eigenvalue weighted by Crippen LogP contribution is -2.25. The molecule has 0 radical (unpaired) electrons. The van der Waals surface area contributed by atoms with Gasteiger partial charge in [0.1, 0.15) is 11.6 Å². The zero-order valence-electron chi connectivity index (χ0n) is 14.2. The SMILES string of the molecule is COc1ccc(NC(=O)[C@@H](C)SCC(=O)Nc2ccc(F)cc2)cc1Cl. The number of thioether (sulfide) groups is 1. The van der Waals surface area contributed by atoms with Crippen LogP contribution < -0.4 is 15.4 Å². The molecular weight excluding hydrogens is 379 g/mol. The fraction of sp³-hybridized carbons (Fsp3) is 0.222. The van der Waals surface area contributed by atoms with Crippen LogP contribution in [0.5, 0.6) is 5.75 Å². The van der Waals surface area contributed by atoms with E-state index < -0.39 is 5.25 Å². The van der Waals surface area contributed by atoms with Crippen molar-refractivity contribution in [2.45, 2.75) is 12.2 Å². The van der Waals surface area contributed by atoms with Crippen molar-refractivity contribution in [3.8, 4) is 5.75 Å². The molecule has 0 aliphatic rings. The number of nitrogens with one attached hydrogen (secondary N) is 2. The van der Waals surface area contributed by atoms with Gasteiger partial charge in [0.05, 0.1) is 23.1 Å². The monoisotopic (exact) mass is 396 g/mol. The quantitative estimate of drug-likeness (QED) is 0.736. The average molecular weight is 397 g/mol. The van der Waals surface area contributed by atoms with E-state index in [1.807, 2.05) is 0 Å². The summed E-state index contributed by atoms with van der Waals surface area (Å²) < 4.78 is 17.9. The number of hydrogen-bond donors (Lipinski definition) is 2. The van der Waals surface area contributed by atoms with Crippen LogP contribution in [0.4, 0.5) is 15.8 Å². The van der Waals surface area contributed by atoms with Crippen LogP contribution in [0.15, 0.2) is 42.5 Å². The largest absolute Gasteiger partial charge is 0.495 e. The molecule has 2 amide bonds. The predicted molar refractivity (Wildman–Crippen MR) is 104 cm³/mol. The second-order valence-electron chi connectivity index (χ2n) is 5.35. The smallest absolute Gasteiger partial charge is 0.237 e. The van der Waals surface area contributed by atoms with Crippen LogP contribution in [0, 0.1) is 5.82 Å². The van der Waals surface area contributed by atoms with E-state index in [1.165, 1.54) is 43.1 Å². The summed E-state index contributed by atoms with van der Waals surface area (Å²) in [5.74, 6) is -0.277. The minimum atomic E-state index is -0.449.